The molecule has 3 aliphatic rings. The van der Waals surface area contributed by atoms with Gasteiger partial charge < -0.3 is 4.90 Å². The van der Waals surface area contributed by atoms with Gasteiger partial charge in [-0.25, -0.2) is 0 Å². The van der Waals surface area contributed by atoms with Crippen molar-refractivity contribution in [3.05, 3.63) is 118 Å². The van der Waals surface area contributed by atoms with Crippen molar-refractivity contribution in [1.29, 1.82) is 0 Å². The molecule has 0 aromatic heterocycles. The number of carbonyl (C=O) groups excluding carboxylic acids is 2. The van der Waals surface area contributed by atoms with E-state index in [1.165, 1.54) is 0 Å². The molecule has 1 aliphatic heterocycles. The van der Waals surface area contributed by atoms with Gasteiger partial charge in [0.05, 0.1) is 5.70 Å². The number of hydrogen-bond donors (Lipinski definition) is 0. The van der Waals surface area contributed by atoms with Crippen molar-refractivity contribution in [3.8, 4) is 0 Å². The van der Waals surface area contributed by atoms with Crippen LogP contribution in [0.4, 0.5) is 5.69 Å². The van der Waals surface area contributed by atoms with E-state index in [0.717, 1.165) is 56.9 Å². The Hall–Kier alpha value is -3.72. The second-order valence-electron chi connectivity index (χ2n) is 10.5. The molecule has 0 saturated carbocycles. The van der Waals surface area contributed by atoms with Gasteiger partial charge in [0.2, 0.25) is 0 Å². The standard InChI is InChI=1S/C31H27NO2/c1-19-10-9-13-21(16-19)32-24-17-31(2,3)18-25(33)27(24)26(20-11-5-4-6-12-20)28-29(32)22-14-7-8-15-23(22)30(28)34/h4-16,26H,17-18H2,1-3H3/t26-/m0/s1. The summed E-state index contributed by atoms with van der Waals surface area (Å²) in [5.74, 6) is -0.176. The number of carbonyl (C=O) groups is 2. The van der Waals surface area contributed by atoms with Gasteiger partial charge in [0.25, 0.3) is 0 Å². The number of benzene rings is 3. The van der Waals surface area contributed by atoms with Crippen LogP contribution in [0.3, 0.4) is 0 Å². The summed E-state index contributed by atoms with van der Waals surface area (Å²) in [7, 11) is 0. The van der Waals surface area contributed by atoms with Crippen molar-refractivity contribution < 1.29 is 9.59 Å². The van der Waals surface area contributed by atoms with Crippen molar-refractivity contribution >= 4 is 23.0 Å². The van der Waals surface area contributed by atoms with Gasteiger partial charge in [-0.3, -0.25) is 9.59 Å². The van der Waals surface area contributed by atoms with Crippen LogP contribution in [-0.2, 0) is 4.79 Å². The molecule has 2 aliphatic carbocycles. The molecule has 34 heavy (non-hydrogen) atoms. The summed E-state index contributed by atoms with van der Waals surface area (Å²) in [4.78, 5) is 30.0. The zero-order valence-corrected chi connectivity index (χ0v) is 19.8. The predicted molar refractivity (Wildman–Crippen MR) is 136 cm³/mol. The number of fused-ring (bicyclic) bond motifs is 2. The smallest absolute Gasteiger partial charge is 0.192 e. The zero-order valence-electron chi connectivity index (χ0n) is 19.8. The first-order valence-corrected chi connectivity index (χ1v) is 11.9. The summed E-state index contributed by atoms with van der Waals surface area (Å²) in [6.07, 6.45) is 1.26. The van der Waals surface area contributed by atoms with Gasteiger partial charge in [-0.2, -0.15) is 0 Å². The highest BCUT2D eigenvalue weighted by molar-refractivity contribution is 6.25. The molecule has 6 rings (SSSR count). The Bertz CT molecular complexity index is 1420. The lowest BCUT2D eigenvalue weighted by molar-refractivity contribution is -0.118. The molecule has 3 aromatic rings. The molecule has 3 nitrogen and oxygen atoms in total. The third-order valence-corrected chi connectivity index (χ3v) is 7.29. The first kappa shape index (κ1) is 20.9. The lowest BCUT2D eigenvalue weighted by Gasteiger charge is -2.44. The van der Waals surface area contributed by atoms with Gasteiger partial charge in [-0.05, 0) is 42.0 Å². The van der Waals surface area contributed by atoms with E-state index >= 15 is 0 Å². The second kappa shape index (κ2) is 7.39. The van der Waals surface area contributed by atoms with E-state index in [4.69, 9.17) is 0 Å². The van der Waals surface area contributed by atoms with E-state index in [2.05, 4.69) is 43.9 Å². The number of anilines is 1. The molecule has 168 valence electrons. The molecule has 0 radical (unpaired) electrons. The van der Waals surface area contributed by atoms with E-state index in [1.54, 1.807) is 0 Å². The van der Waals surface area contributed by atoms with Crippen molar-refractivity contribution in [2.45, 2.75) is 39.5 Å². The molecule has 1 heterocycles. The van der Waals surface area contributed by atoms with Gasteiger partial charge in [0, 0.05) is 46.0 Å². The number of rotatable bonds is 2. The summed E-state index contributed by atoms with van der Waals surface area (Å²) >= 11 is 0. The van der Waals surface area contributed by atoms with E-state index < -0.39 is 0 Å². The normalized spacial score (nSPS) is 20.9. The lowest BCUT2D eigenvalue weighted by atomic mass is 9.68. The number of Topliss-reactive ketones (excluding diaryl/α,β-unsaturated/α-hetero) is 2. The van der Waals surface area contributed by atoms with Crippen LogP contribution in [0.25, 0.3) is 5.70 Å². The Morgan fingerprint density at radius 2 is 1.50 bits per heavy atom. The number of allylic oxidation sites excluding steroid dienone is 3. The molecule has 0 amide bonds. The Kier molecular flexibility index (Phi) is 4.54. The van der Waals surface area contributed by atoms with Gasteiger partial charge >= 0.3 is 0 Å². The van der Waals surface area contributed by atoms with Crippen LogP contribution >= 0.6 is 0 Å². The molecular weight excluding hydrogens is 418 g/mol. The van der Waals surface area contributed by atoms with Crippen molar-refractivity contribution in [1.82, 2.24) is 0 Å². The monoisotopic (exact) mass is 445 g/mol. The van der Waals surface area contributed by atoms with E-state index in [9.17, 15) is 9.59 Å². The zero-order chi connectivity index (χ0) is 23.6. The minimum atomic E-state index is -0.351. The summed E-state index contributed by atoms with van der Waals surface area (Å²) in [5, 5.41) is 0. The van der Waals surface area contributed by atoms with Gasteiger partial charge in [0.15, 0.2) is 11.6 Å². The number of ketones is 2. The average molecular weight is 446 g/mol. The quantitative estimate of drug-likeness (QED) is 0.433. The molecule has 3 heteroatoms. The molecule has 0 saturated heterocycles. The third-order valence-electron chi connectivity index (χ3n) is 7.29. The van der Waals surface area contributed by atoms with Gasteiger partial charge in [0.1, 0.15) is 0 Å². The summed E-state index contributed by atoms with van der Waals surface area (Å²) in [6.45, 7) is 6.41. The maximum atomic E-state index is 13.9. The fourth-order valence-corrected chi connectivity index (χ4v) is 5.93. The Balaban J connectivity index is 1.71. The van der Waals surface area contributed by atoms with E-state index in [1.807, 2.05) is 60.7 Å². The topological polar surface area (TPSA) is 37.4 Å². The summed E-state index contributed by atoms with van der Waals surface area (Å²) in [5.41, 5.74) is 8.14. The van der Waals surface area contributed by atoms with Crippen LogP contribution in [0.2, 0.25) is 0 Å². The molecular formula is C31H27NO2. The van der Waals surface area contributed by atoms with Crippen molar-refractivity contribution in [3.63, 3.8) is 0 Å². The van der Waals surface area contributed by atoms with Gasteiger partial charge in [-0.15, -0.1) is 0 Å². The number of nitrogens with zero attached hydrogens (tertiary/aromatic N) is 1. The number of hydrogen-bond acceptors (Lipinski definition) is 3. The van der Waals surface area contributed by atoms with Crippen LogP contribution in [0.15, 0.2) is 95.7 Å². The van der Waals surface area contributed by atoms with E-state index in [-0.39, 0.29) is 22.9 Å². The molecule has 3 aromatic carbocycles. The Morgan fingerprint density at radius 1 is 0.794 bits per heavy atom. The van der Waals surface area contributed by atoms with Crippen molar-refractivity contribution in [2.75, 3.05) is 4.90 Å². The Morgan fingerprint density at radius 3 is 2.24 bits per heavy atom. The molecule has 0 fully saturated rings. The highest BCUT2D eigenvalue weighted by Crippen LogP contribution is 2.56. The molecule has 0 unspecified atom stereocenters. The fourth-order valence-electron chi connectivity index (χ4n) is 5.93. The second-order valence-corrected chi connectivity index (χ2v) is 10.5. The molecule has 0 bridgehead atoms. The van der Waals surface area contributed by atoms with Crippen molar-refractivity contribution in [2.24, 2.45) is 5.41 Å². The Labute approximate surface area is 200 Å². The average Bonchev–Trinajstić information content (AvgIpc) is 3.10. The van der Waals surface area contributed by atoms with Gasteiger partial charge in [-0.1, -0.05) is 80.6 Å². The van der Waals surface area contributed by atoms with Crippen LogP contribution in [0.1, 0.15) is 59.7 Å². The lowest BCUT2D eigenvalue weighted by Crippen LogP contribution is -2.39. The maximum Gasteiger partial charge on any atom is 0.192 e. The largest absolute Gasteiger partial charge is 0.313 e. The SMILES string of the molecule is Cc1cccc(N2C3=C(C(=O)CC(C)(C)C3)[C@H](c3ccccc3)C3=C2c2ccccc2C3=O)c1. The van der Waals surface area contributed by atoms with Crippen LogP contribution in [0, 0.1) is 12.3 Å². The van der Waals surface area contributed by atoms with E-state index in [0.29, 0.717) is 6.42 Å². The minimum Gasteiger partial charge on any atom is -0.313 e. The first-order chi connectivity index (χ1) is 16.4. The van der Waals surface area contributed by atoms with Crippen LogP contribution in [0.5, 0.6) is 0 Å². The predicted octanol–water partition coefficient (Wildman–Crippen LogP) is 6.85. The molecule has 0 N–H and O–H groups in total. The summed E-state index contributed by atoms with van der Waals surface area (Å²) < 4.78 is 0. The molecule has 0 spiro atoms. The fraction of sp³-hybridized carbons (Fsp3) is 0.226. The third kappa shape index (κ3) is 3.03. The highest BCUT2D eigenvalue weighted by Gasteiger charge is 2.49. The maximum absolute atomic E-state index is 13.9. The highest BCUT2D eigenvalue weighted by atomic mass is 16.1. The minimum absolute atomic E-state index is 0.0290. The molecule has 1 atom stereocenters. The van der Waals surface area contributed by atoms with Crippen LogP contribution < -0.4 is 4.90 Å². The first-order valence-electron chi connectivity index (χ1n) is 11.9. The summed E-state index contributed by atoms with van der Waals surface area (Å²) in [6, 6.07) is 26.3. The van der Waals surface area contributed by atoms with Crippen LogP contribution in [-0.4, -0.2) is 11.6 Å². The number of aryl methyl sites for hydroxylation is 1.